The van der Waals surface area contributed by atoms with E-state index in [-0.39, 0.29) is 36.8 Å². The van der Waals surface area contributed by atoms with Gasteiger partial charge >= 0.3 is 0 Å². The van der Waals surface area contributed by atoms with E-state index in [0.717, 1.165) is 12.8 Å². The van der Waals surface area contributed by atoms with E-state index in [4.69, 9.17) is 9.47 Å². The molecular weight excluding hydrogens is 513 g/mol. The fourth-order valence-corrected chi connectivity index (χ4v) is 4.87. The summed E-state index contributed by atoms with van der Waals surface area (Å²) in [5, 5.41) is 11.3. The lowest BCUT2D eigenvalue weighted by molar-refractivity contribution is -0.142. The van der Waals surface area contributed by atoms with Gasteiger partial charge in [0.1, 0.15) is 29.7 Å². The minimum Gasteiger partial charge on any atom is -0.494 e. The third kappa shape index (κ3) is 6.45. The Morgan fingerprint density at radius 1 is 1.12 bits per heavy atom. The molecule has 1 aliphatic heterocycles. The molecule has 1 N–H and O–H groups in total. The van der Waals surface area contributed by atoms with Gasteiger partial charge in [-0.25, -0.2) is 9.07 Å². The minimum absolute atomic E-state index is 0.0623. The molecule has 0 spiro atoms. The third-order valence-electron chi connectivity index (χ3n) is 6.89. The van der Waals surface area contributed by atoms with E-state index in [9.17, 15) is 14.0 Å². The third-order valence-corrected chi connectivity index (χ3v) is 6.89. The molecule has 0 saturated carbocycles. The lowest BCUT2D eigenvalue weighted by Gasteiger charge is -2.32. The van der Waals surface area contributed by atoms with Crippen molar-refractivity contribution in [3.8, 4) is 5.75 Å². The largest absolute Gasteiger partial charge is 0.494 e. The van der Waals surface area contributed by atoms with Crippen LogP contribution >= 0.6 is 0 Å². The van der Waals surface area contributed by atoms with Crippen molar-refractivity contribution in [3.63, 3.8) is 0 Å². The Morgan fingerprint density at radius 2 is 1.90 bits per heavy atom. The molecule has 2 atom stereocenters. The predicted molar refractivity (Wildman–Crippen MR) is 147 cm³/mol. The molecule has 1 saturated heterocycles. The van der Waals surface area contributed by atoms with Gasteiger partial charge in [-0.1, -0.05) is 41.6 Å². The Labute approximate surface area is 231 Å². The van der Waals surface area contributed by atoms with Crippen LogP contribution in [-0.2, 0) is 27.4 Å². The zero-order valence-electron chi connectivity index (χ0n) is 22.3. The Bertz CT molecular complexity index is 1430. The van der Waals surface area contributed by atoms with Crippen LogP contribution in [0.4, 0.5) is 4.39 Å². The van der Waals surface area contributed by atoms with E-state index in [1.54, 1.807) is 36.4 Å². The second kappa shape index (κ2) is 12.7. The molecule has 5 rings (SSSR count). The lowest BCUT2D eigenvalue weighted by Crippen LogP contribution is -2.46. The van der Waals surface area contributed by atoms with Gasteiger partial charge in [-0.2, -0.15) is 0 Å². The number of hydrogen-bond acceptors (Lipinski definition) is 6. The van der Waals surface area contributed by atoms with Crippen molar-refractivity contribution < 1.29 is 23.5 Å². The molecule has 0 unspecified atom stereocenters. The average molecular weight is 546 g/mol. The lowest BCUT2D eigenvalue weighted by atomic mass is 10.0. The van der Waals surface area contributed by atoms with Crippen LogP contribution in [0.25, 0.3) is 11.0 Å². The molecule has 1 fully saturated rings. The SMILES string of the molecule is CCOc1ccc([C@@H](C(=O)NC[C@@H]2CCCO2)N(Cc2ccc(F)cc2)C(=O)Cn2nnc3ccccc32)cc1. The summed E-state index contributed by atoms with van der Waals surface area (Å²) in [7, 11) is 0. The van der Waals surface area contributed by atoms with Gasteiger partial charge in [-0.05, 0) is 67.3 Å². The number of para-hydroxylation sites is 1. The summed E-state index contributed by atoms with van der Waals surface area (Å²) in [5.74, 6) is -0.395. The number of carbonyl (C=O) groups is 2. The highest BCUT2D eigenvalue weighted by atomic mass is 19.1. The number of amides is 2. The summed E-state index contributed by atoms with van der Waals surface area (Å²) >= 11 is 0. The van der Waals surface area contributed by atoms with Crippen molar-refractivity contribution in [1.82, 2.24) is 25.2 Å². The number of benzene rings is 3. The Kier molecular flexibility index (Phi) is 8.65. The number of ether oxygens (including phenoxy) is 2. The van der Waals surface area contributed by atoms with Crippen LogP contribution in [0.3, 0.4) is 0 Å². The molecule has 2 heterocycles. The van der Waals surface area contributed by atoms with Crippen LogP contribution in [0.2, 0.25) is 0 Å². The van der Waals surface area contributed by atoms with Gasteiger partial charge < -0.3 is 19.7 Å². The van der Waals surface area contributed by atoms with E-state index in [1.165, 1.54) is 21.7 Å². The van der Waals surface area contributed by atoms with Crippen molar-refractivity contribution >= 4 is 22.8 Å². The highest BCUT2D eigenvalue weighted by molar-refractivity contribution is 5.89. The molecule has 4 aromatic rings. The van der Waals surface area contributed by atoms with Gasteiger partial charge in [0.15, 0.2) is 0 Å². The van der Waals surface area contributed by atoms with Crippen LogP contribution < -0.4 is 10.1 Å². The number of rotatable bonds is 11. The quantitative estimate of drug-likeness (QED) is 0.306. The van der Waals surface area contributed by atoms with Gasteiger partial charge in [-0.15, -0.1) is 5.10 Å². The normalized spacial score (nSPS) is 15.6. The number of nitrogens with one attached hydrogen (secondary N) is 1. The standard InChI is InChI=1S/C30H32FN5O4/c1-2-39-24-15-11-22(12-16-24)29(30(38)32-18-25-6-5-17-40-25)35(19-21-9-13-23(31)14-10-21)28(37)20-36-27-8-4-3-7-26(27)33-34-36/h3-4,7-16,25,29H,2,5-6,17-20H2,1H3,(H,32,38)/t25-,29-/m0/s1. The Hall–Kier alpha value is -4.31. The highest BCUT2D eigenvalue weighted by Gasteiger charge is 2.33. The molecular formula is C30H32FN5O4. The molecule has 1 aliphatic rings. The maximum absolute atomic E-state index is 14.0. The molecule has 9 nitrogen and oxygen atoms in total. The summed E-state index contributed by atoms with van der Waals surface area (Å²) in [6, 6.07) is 19.4. The predicted octanol–water partition coefficient (Wildman–Crippen LogP) is 4.03. The van der Waals surface area contributed by atoms with Gasteiger partial charge in [0.2, 0.25) is 11.8 Å². The first-order valence-electron chi connectivity index (χ1n) is 13.5. The molecule has 1 aromatic heterocycles. The smallest absolute Gasteiger partial charge is 0.247 e. The topological polar surface area (TPSA) is 98.6 Å². The van der Waals surface area contributed by atoms with Crippen molar-refractivity contribution in [3.05, 3.63) is 89.7 Å². The molecule has 0 radical (unpaired) electrons. The van der Waals surface area contributed by atoms with Crippen LogP contribution in [0.5, 0.6) is 5.75 Å². The zero-order chi connectivity index (χ0) is 27.9. The highest BCUT2D eigenvalue weighted by Crippen LogP contribution is 2.27. The number of nitrogens with zero attached hydrogens (tertiary/aromatic N) is 4. The molecule has 40 heavy (non-hydrogen) atoms. The minimum atomic E-state index is -0.968. The first-order valence-corrected chi connectivity index (χ1v) is 13.5. The van der Waals surface area contributed by atoms with Gasteiger partial charge in [0.05, 0.1) is 18.2 Å². The summed E-state index contributed by atoms with van der Waals surface area (Å²) in [4.78, 5) is 29.3. The average Bonchev–Trinajstić information content (AvgIpc) is 3.64. The Balaban J connectivity index is 1.49. The van der Waals surface area contributed by atoms with Crippen molar-refractivity contribution in [2.45, 2.75) is 45.0 Å². The first-order chi connectivity index (χ1) is 19.5. The van der Waals surface area contributed by atoms with Crippen molar-refractivity contribution in [2.75, 3.05) is 19.8 Å². The maximum atomic E-state index is 14.0. The fraction of sp³-hybridized carbons (Fsp3) is 0.333. The zero-order valence-corrected chi connectivity index (χ0v) is 22.3. The summed E-state index contributed by atoms with van der Waals surface area (Å²) in [6.07, 6.45) is 1.75. The molecule has 0 bridgehead atoms. The summed E-state index contributed by atoms with van der Waals surface area (Å²) in [6.45, 7) is 3.37. The molecule has 2 amide bonds. The summed E-state index contributed by atoms with van der Waals surface area (Å²) < 4.78 is 26.5. The van der Waals surface area contributed by atoms with Crippen molar-refractivity contribution in [1.29, 1.82) is 0 Å². The van der Waals surface area contributed by atoms with Crippen LogP contribution in [0.15, 0.2) is 72.8 Å². The molecule has 208 valence electrons. The van der Waals surface area contributed by atoms with Gasteiger partial charge in [0, 0.05) is 19.7 Å². The van der Waals surface area contributed by atoms with E-state index in [1.807, 2.05) is 31.2 Å². The van der Waals surface area contributed by atoms with E-state index in [2.05, 4.69) is 15.6 Å². The van der Waals surface area contributed by atoms with Crippen molar-refractivity contribution in [2.24, 2.45) is 0 Å². The van der Waals surface area contributed by atoms with E-state index < -0.39 is 6.04 Å². The number of aromatic nitrogens is 3. The number of hydrogen-bond donors (Lipinski definition) is 1. The summed E-state index contributed by atoms with van der Waals surface area (Å²) in [5.41, 5.74) is 2.67. The molecule has 10 heteroatoms. The van der Waals surface area contributed by atoms with Gasteiger partial charge in [-0.3, -0.25) is 9.59 Å². The second-order valence-corrected chi connectivity index (χ2v) is 9.67. The molecule has 0 aliphatic carbocycles. The monoisotopic (exact) mass is 545 g/mol. The van der Waals surface area contributed by atoms with E-state index >= 15 is 0 Å². The maximum Gasteiger partial charge on any atom is 0.247 e. The van der Waals surface area contributed by atoms with E-state index in [0.29, 0.717) is 47.7 Å². The van der Waals surface area contributed by atoms with Crippen LogP contribution in [0, 0.1) is 5.82 Å². The fourth-order valence-electron chi connectivity index (χ4n) is 4.87. The number of halogens is 1. The number of fused-ring (bicyclic) bond motifs is 1. The molecule has 3 aromatic carbocycles. The Morgan fingerprint density at radius 3 is 2.62 bits per heavy atom. The van der Waals surface area contributed by atoms with Crippen LogP contribution in [0.1, 0.15) is 36.9 Å². The van der Waals surface area contributed by atoms with Crippen LogP contribution in [-0.4, -0.2) is 57.6 Å². The van der Waals surface area contributed by atoms with Gasteiger partial charge in [0.25, 0.3) is 0 Å². The first kappa shape index (κ1) is 27.3. The number of carbonyl (C=O) groups excluding carboxylic acids is 2. The second-order valence-electron chi connectivity index (χ2n) is 9.67.